The molecule has 0 radical (unpaired) electrons. The Balaban J connectivity index is 1.67. The Kier molecular flexibility index (Phi) is 4.48. The second-order valence-corrected chi connectivity index (χ2v) is 7.22. The Labute approximate surface area is 145 Å². The molecule has 2 heteroatoms. The van der Waals surface area contributed by atoms with Gasteiger partial charge in [-0.2, -0.15) is 0 Å². The first-order valence-electron chi connectivity index (χ1n) is 9.25. The Morgan fingerprint density at radius 3 is 2.58 bits per heavy atom. The van der Waals surface area contributed by atoms with E-state index in [1.54, 1.807) is 0 Å². The fourth-order valence-corrected chi connectivity index (χ4v) is 4.01. The minimum atomic E-state index is 0.383. The van der Waals surface area contributed by atoms with Gasteiger partial charge in [-0.25, -0.2) is 0 Å². The van der Waals surface area contributed by atoms with Crippen molar-refractivity contribution in [2.24, 2.45) is 4.99 Å². The van der Waals surface area contributed by atoms with Crippen LogP contribution in [-0.2, 0) is 6.42 Å². The normalized spacial score (nSPS) is 21.2. The number of hydrogen-bond donors (Lipinski definition) is 0. The van der Waals surface area contributed by atoms with Crippen molar-refractivity contribution in [3.05, 3.63) is 70.8 Å². The molecule has 1 saturated heterocycles. The van der Waals surface area contributed by atoms with E-state index in [1.807, 2.05) is 0 Å². The molecule has 0 aromatic heterocycles. The second-order valence-electron chi connectivity index (χ2n) is 7.22. The lowest BCUT2D eigenvalue weighted by atomic mass is 9.89. The standard InChI is InChI=1S/C22H26N2/c1-17-10-11-19-15-20(16-24-12-6-3-7-13-24)23-22(21(19)14-17)18-8-4-2-5-9-18/h2,4-5,8-11,14,20H,3,6-7,12-13,15-16H2,1H3. The molecular weight excluding hydrogens is 292 g/mol. The maximum atomic E-state index is 5.20. The maximum Gasteiger partial charge on any atom is 0.0725 e. The topological polar surface area (TPSA) is 15.6 Å². The summed E-state index contributed by atoms with van der Waals surface area (Å²) in [7, 11) is 0. The largest absolute Gasteiger partial charge is 0.301 e. The van der Waals surface area contributed by atoms with E-state index in [0.717, 1.165) is 13.0 Å². The Hall–Kier alpha value is -1.93. The molecule has 1 fully saturated rings. The molecular formula is C22H26N2. The predicted molar refractivity (Wildman–Crippen MR) is 101 cm³/mol. The van der Waals surface area contributed by atoms with Crippen LogP contribution in [0.5, 0.6) is 0 Å². The molecule has 24 heavy (non-hydrogen) atoms. The summed E-state index contributed by atoms with van der Waals surface area (Å²) in [5.41, 5.74) is 6.52. The van der Waals surface area contributed by atoms with Crippen molar-refractivity contribution in [1.82, 2.24) is 4.90 Å². The molecule has 0 amide bonds. The highest BCUT2D eigenvalue weighted by molar-refractivity contribution is 6.14. The summed E-state index contributed by atoms with van der Waals surface area (Å²) >= 11 is 0. The van der Waals surface area contributed by atoms with E-state index >= 15 is 0 Å². The molecule has 1 unspecified atom stereocenters. The van der Waals surface area contributed by atoms with Crippen LogP contribution in [-0.4, -0.2) is 36.3 Å². The fourth-order valence-electron chi connectivity index (χ4n) is 4.01. The van der Waals surface area contributed by atoms with Crippen LogP contribution in [0.2, 0.25) is 0 Å². The minimum Gasteiger partial charge on any atom is -0.301 e. The van der Waals surface area contributed by atoms with E-state index < -0.39 is 0 Å². The highest BCUT2D eigenvalue weighted by Gasteiger charge is 2.24. The van der Waals surface area contributed by atoms with Crippen LogP contribution in [0.3, 0.4) is 0 Å². The smallest absolute Gasteiger partial charge is 0.0725 e. The molecule has 0 aliphatic carbocycles. The first kappa shape index (κ1) is 15.6. The summed E-state index contributed by atoms with van der Waals surface area (Å²) in [6, 6.07) is 17.9. The van der Waals surface area contributed by atoms with E-state index in [-0.39, 0.29) is 0 Å². The molecule has 2 nitrogen and oxygen atoms in total. The molecule has 1 atom stereocenters. The van der Waals surface area contributed by atoms with Crippen LogP contribution >= 0.6 is 0 Å². The number of likely N-dealkylation sites (tertiary alicyclic amines) is 1. The molecule has 2 aliphatic heterocycles. The van der Waals surface area contributed by atoms with Crippen molar-refractivity contribution in [2.45, 2.75) is 38.6 Å². The molecule has 2 aromatic carbocycles. The molecule has 2 aliphatic rings. The zero-order valence-corrected chi connectivity index (χ0v) is 14.5. The van der Waals surface area contributed by atoms with Gasteiger partial charge in [-0.15, -0.1) is 0 Å². The van der Waals surface area contributed by atoms with Crippen molar-refractivity contribution >= 4 is 5.71 Å². The van der Waals surface area contributed by atoms with Crippen LogP contribution in [0.25, 0.3) is 0 Å². The SMILES string of the molecule is Cc1ccc2c(c1)C(c1ccccc1)=NC(CN1CCCCC1)C2. The molecule has 0 spiro atoms. The molecule has 4 rings (SSSR count). The average molecular weight is 318 g/mol. The number of fused-ring (bicyclic) bond motifs is 1. The summed E-state index contributed by atoms with van der Waals surface area (Å²) in [6.07, 6.45) is 5.15. The monoisotopic (exact) mass is 318 g/mol. The van der Waals surface area contributed by atoms with Crippen molar-refractivity contribution < 1.29 is 0 Å². The summed E-state index contributed by atoms with van der Waals surface area (Å²) in [6.45, 7) is 5.76. The van der Waals surface area contributed by atoms with Gasteiger partial charge in [0.05, 0.1) is 11.8 Å². The first-order chi connectivity index (χ1) is 11.8. The second kappa shape index (κ2) is 6.90. The summed E-state index contributed by atoms with van der Waals surface area (Å²) < 4.78 is 0. The number of hydrogen-bond acceptors (Lipinski definition) is 2. The van der Waals surface area contributed by atoms with Gasteiger partial charge in [0, 0.05) is 17.7 Å². The van der Waals surface area contributed by atoms with Crippen LogP contribution in [0.1, 0.15) is 41.5 Å². The number of piperidine rings is 1. The fraction of sp³-hybridized carbons (Fsp3) is 0.409. The summed E-state index contributed by atoms with van der Waals surface area (Å²) in [4.78, 5) is 7.81. The number of benzene rings is 2. The van der Waals surface area contributed by atoms with Gasteiger partial charge in [-0.05, 0) is 50.9 Å². The highest BCUT2D eigenvalue weighted by Crippen LogP contribution is 2.25. The lowest BCUT2D eigenvalue weighted by Crippen LogP contribution is -2.38. The summed E-state index contributed by atoms with van der Waals surface area (Å²) in [5, 5.41) is 0. The molecule has 0 saturated carbocycles. The van der Waals surface area contributed by atoms with E-state index in [0.29, 0.717) is 6.04 Å². The Morgan fingerprint density at radius 2 is 1.79 bits per heavy atom. The zero-order chi connectivity index (χ0) is 16.4. The quantitative estimate of drug-likeness (QED) is 0.826. The molecule has 2 aromatic rings. The van der Waals surface area contributed by atoms with Crippen LogP contribution in [0.15, 0.2) is 53.5 Å². The molecule has 124 valence electrons. The van der Waals surface area contributed by atoms with E-state index in [4.69, 9.17) is 4.99 Å². The van der Waals surface area contributed by atoms with E-state index in [2.05, 4.69) is 60.4 Å². The third kappa shape index (κ3) is 3.29. The highest BCUT2D eigenvalue weighted by atomic mass is 15.1. The van der Waals surface area contributed by atoms with Crippen LogP contribution in [0.4, 0.5) is 0 Å². The van der Waals surface area contributed by atoms with Gasteiger partial charge in [-0.3, -0.25) is 4.99 Å². The van der Waals surface area contributed by atoms with Gasteiger partial charge in [0.2, 0.25) is 0 Å². The Morgan fingerprint density at radius 1 is 1.00 bits per heavy atom. The van der Waals surface area contributed by atoms with Gasteiger partial charge in [0.1, 0.15) is 0 Å². The van der Waals surface area contributed by atoms with Crippen LogP contribution in [0, 0.1) is 6.92 Å². The van der Waals surface area contributed by atoms with Gasteiger partial charge in [0.15, 0.2) is 0 Å². The zero-order valence-electron chi connectivity index (χ0n) is 14.5. The van der Waals surface area contributed by atoms with Gasteiger partial charge in [-0.1, -0.05) is 54.4 Å². The first-order valence-corrected chi connectivity index (χ1v) is 9.25. The lowest BCUT2D eigenvalue weighted by Gasteiger charge is -2.31. The van der Waals surface area contributed by atoms with Gasteiger partial charge < -0.3 is 4.90 Å². The Bertz CT molecular complexity index is 727. The summed E-state index contributed by atoms with van der Waals surface area (Å²) in [5.74, 6) is 0. The minimum absolute atomic E-state index is 0.383. The molecule has 2 heterocycles. The van der Waals surface area contributed by atoms with Crippen LogP contribution < -0.4 is 0 Å². The van der Waals surface area contributed by atoms with Crippen molar-refractivity contribution in [2.75, 3.05) is 19.6 Å². The average Bonchev–Trinajstić information content (AvgIpc) is 2.63. The van der Waals surface area contributed by atoms with Gasteiger partial charge >= 0.3 is 0 Å². The number of aliphatic imine (C=N–C) groups is 1. The van der Waals surface area contributed by atoms with Crippen molar-refractivity contribution in [3.63, 3.8) is 0 Å². The lowest BCUT2D eigenvalue weighted by molar-refractivity contribution is 0.215. The number of nitrogens with zero attached hydrogens (tertiary/aromatic N) is 2. The number of aryl methyl sites for hydroxylation is 1. The van der Waals surface area contributed by atoms with E-state index in [1.165, 1.54) is 60.3 Å². The predicted octanol–water partition coefficient (Wildman–Crippen LogP) is 4.24. The number of rotatable bonds is 3. The van der Waals surface area contributed by atoms with Crippen molar-refractivity contribution in [3.8, 4) is 0 Å². The third-order valence-electron chi connectivity index (χ3n) is 5.25. The molecule has 0 bridgehead atoms. The van der Waals surface area contributed by atoms with Gasteiger partial charge in [0.25, 0.3) is 0 Å². The van der Waals surface area contributed by atoms with E-state index in [9.17, 15) is 0 Å². The van der Waals surface area contributed by atoms with Crippen molar-refractivity contribution in [1.29, 1.82) is 0 Å². The third-order valence-corrected chi connectivity index (χ3v) is 5.25. The molecule has 0 N–H and O–H groups in total. The maximum absolute atomic E-state index is 5.20.